The second-order valence-corrected chi connectivity index (χ2v) is 6.21. The molecule has 1 aliphatic rings. The fourth-order valence-electron chi connectivity index (χ4n) is 2.71. The monoisotopic (exact) mass is 326 g/mol. The molecule has 0 N–H and O–H groups in total. The highest BCUT2D eigenvalue weighted by molar-refractivity contribution is 5.48. The molecule has 0 unspecified atom stereocenters. The van der Waals surface area contributed by atoms with Crippen LogP contribution in [0.3, 0.4) is 0 Å². The Hall–Kier alpha value is -2.83. The lowest BCUT2D eigenvalue weighted by atomic mass is 10.1. The number of fused-ring (bicyclic) bond motifs is 1. The quantitative estimate of drug-likeness (QED) is 0.717. The summed E-state index contributed by atoms with van der Waals surface area (Å²) in [5.74, 6) is 3.34. The van der Waals surface area contributed by atoms with E-state index in [2.05, 4.69) is 29.1 Å². The van der Waals surface area contributed by atoms with Crippen molar-refractivity contribution in [2.45, 2.75) is 26.8 Å². The van der Waals surface area contributed by atoms with E-state index in [0.29, 0.717) is 24.0 Å². The summed E-state index contributed by atoms with van der Waals surface area (Å²) in [6, 6.07) is 7.78. The topological polar surface area (TPSA) is 75.2 Å². The second kappa shape index (κ2) is 5.99. The third-order valence-electron chi connectivity index (χ3n) is 3.78. The van der Waals surface area contributed by atoms with Crippen LogP contribution in [0, 0.1) is 5.92 Å². The molecule has 0 saturated carbocycles. The molecule has 0 amide bonds. The number of benzene rings is 1. The van der Waals surface area contributed by atoms with Crippen LogP contribution in [-0.4, -0.2) is 26.7 Å². The van der Waals surface area contributed by atoms with Crippen molar-refractivity contribution >= 4 is 0 Å². The van der Waals surface area contributed by atoms with Gasteiger partial charge in [-0.2, -0.15) is 5.10 Å². The van der Waals surface area contributed by atoms with Crippen molar-refractivity contribution < 1.29 is 14.0 Å². The first-order valence-electron chi connectivity index (χ1n) is 7.91. The van der Waals surface area contributed by atoms with Gasteiger partial charge < -0.3 is 14.0 Å². The first-order valence-corrected chi connectivity index (χ1v) is 7.91. The summed E-state index contributed by atoms with van der Waals surface area (Å²) >= 11 is 0. The van der Waals surface area contributed by atoms with Crippen LogP contribution in [0.4, 0.5) is 0 Å². The molecule has 24 heavy (non-hydrogen) atoms. The maximum Gasteiger partial charge on any atom is 0.231 e. The minimum absolute atomic E-state index is 0.268. The maximum atomic E-state index is 5.44. The molecule has 124 valence electrons. The van der Waals surface area contributed by atoms with Crippen LogP contribution in [-0.2, 0) is 13.0 Å². The average molecular weight is 326 g/mol. The van der Waals surface area contributed by atoms with Crippen molar-refractivity contribution in [2.24, 2.45) is 5.92 Å². The Morgan fingerprint density at radius 1 is 1.17 bits per heavy atom. The molecule has 2 aromatic heterocycles. The van der Waals surface area contributed by atoms with E-state index in [1.165, 1.54) is 6.33 Å². The van der Waals surface area contributed by atoms with Gasteiger partial charge in [0.1, 0.15) is 6.33 Å². The third-order valence-corrected chi connectivity index (χ3v) is 3.78. The van der Waals surface area contributed by atoms with E-state index in [4.69, 9.17) is 14.0 Å². The van der Waals surface area contributed by atoms with Gasteiger partial charge >= 0.3 is 0 Å². The lowest BCUT2D eigenvalue weighted by molar-refractivity contribution is 0.174. The van der Waals surface area contributed by atoms with Crippen LogP contribution in [0.5, 0.6) is 11.5 Å². The first kappa shape index (κ1) is 14.7. The molecule has 0 radical (unpaired) electrons. The summed E-state index contributed by atoms with van der Waals surface area (Å²) in [6.45, 7) is 5.13. The molecule has 0 atom stereocenters. The molecular weight excluding hydrogens is 308 g/mol. The zero-order valence-electron chi connectivity index (χ0n) is 13.6. The number of hydrogen-bond acceptors (Lipinski definition) is 6. The lowest BCUT2D eigenvalue weighted by Crippen LogP contribution is -2.03. The predicted octanol–water partition coefficient (Wildman–Crippen LogP) is 2.91. The van der Waals surface area contributed by atoms with Crippen molar-refractivity contribution in [2.75, 3.05) is 6.79 Å². The highest BCUT2D eigenvalue weighted by Gasteiger charge is 2.17. The Morgan fingerprint density at radius 3 is 2.92 bits per heavy atom. The fourth-order valence-corrected chi connectivity index (χ4v) is 2.71. The van der Waals surface area contributed by atoms with Crippen LogP contribution in [0.1, 0.15) is 25.1 Å². The minimum atomic E-state index is 0.268. The largest absolute Gasteiger partial charge is 0.454 e. The van der Waals surface area contributed by atoms with E-state index >= 15 is 0 Å². The summed E-state index contributed by atoms with van der Waals surface area (Å²) < 4.78 is 18.0. The number of ether oxygens (including phenoxy) is 2. The Bertz CT molecular complexity index is 853. The molecule has 0 bridgehead atoms. The van der Waals surface area contributed by atoms with Gasteiger partial charge in [0.25, 0.3) is 0 Å². The molecule has 7 nitrogen and oxygen atoms in total. The number of hydrogen-bond donors (Lipinski definition) is 0. The zero-order chi connectivity index (χ0) is 16.5. The van der Waals surface area contributed by atoms with Gasteiger partial charge in [0.2, 0.25) is 12.6 Å². The molecule has 3 heterocycles. The SMILES string of the molecule is CC(C)Cc1cc(-c2ncnn2Cc2ccc3c(c2)OCO3)on1. The molecule has 4 rings (SSSR count). The van der Waals surface area contributed by atoms with Gasteiger partial charge in [-0.1, -0.05) is 25.1 Å². The number of aromatic nitrogens is 4. The standard InChI is InChI=1S/C17H18N4O3/c1-11(2)5-13-7-16(24-20-13)17-18-9-19-21(17)8-12-3-4-14-15(6-12)23-10-22-14/h3-4,6-7,9,11H,5,8,10H2,1-2H3. The van der Waals surface area contributed by atoms with Crippen molar-refractivity contribution in [3.63, 3.8) is 0 Å². The molecule has 0 aliphatic carbocycles. The third kappa shape index (κ3) is 2.84. The molecule has 1 aromatic carbocycles. The second-order valence-electron chi connectivity index (χ2n) is 6.21. The Labute approximate surface area is 139 Å². The molecular formula is C17H18N4O3. The Morgan fingerprint density at radius 2 is 2.04 bits per heavy atom. The van der Waals surface area contributed by atoms with Gasteiger partial charge in [0, 0.05) is 6.07 Å². The summed E-state index contributed by atoms with van der Waals surface area (Å²) in [6.07, 6.45) is 2.40. The van der Waals surface area contributed by atoms with Gasteiger partial charge in [-0.15, -0.1) is 0 Å². The van der Waals surface area contributed by atoms with E-state index in [9.17, 15) is 0 Å². The number of nitrogens with zero attached hydrogens (tertiary/aromatic N) is 4. The molecule has 0 saturated heterocycles. The summed E-state index contributed by atoms with van der Waals surface area (Å²) in [5, 5.41) is 8.41. The van der Waals surface area contributed by atoms with Crippen molar-refractivity contribution in [3.8, 4) is 23.1 Å². The van der Waals surface area contributed by atoms with Crippen LogP contribution >= 0.6 is 0 Å². The zero-order valence-corrected chi connectivity index (χ0v) is 13.6. The highest BCUT2D eigenvalue weighted by Crippen LogP contribution is 2.33. The highest BCUT2D eigenvalue weighted by atomic mass is 16.7. The van der Waals surface area contributed by atoms with Gasteiger partial charge in [-0.25, -0.2) is 9.67 Å². The lowest BCUT2D eigenvalue weighted by Gasteiger charge is -2.05. The maximum absolute atomic E-state index is 5.44. The van der Waals surface area contributed by atoms with Crippen LogP contribution in [0.2, 0.25) is 0 Å². The van der Waals surface area contributed by atoms with Gasteiger partial charge in [-0.05, 0) is 30.0 Å². The Balaban J connectivity index is 1.57. The molecule has 0 fully saturated rings. The fraction of sp³-hybridized carbons (Fsp3) is 0.353. The van der Waals surface area contributed by atoms with E-state index < -0.39 is 0 Å². The van der Waals surface area contributed by atoms with E-state index in [0.717, 1.165) is 29.2 Å². The van der Waals surface area contributed by atoms with Crippen molar-refractivity contribution in [1.82, 2.24) is 19.9 Å². The first-order chi connectivity index (χ1) is 11.7. The van der Waals surface area contributed by atoms with Crippen LogP contribution in [0.15, 0.2) is 35.1 Å². The van der Waals surface area contributed by atoms with Gasteiger partial charge in [0.15, 0.2) is 17.3 Å². The minimum Gasteiger partial charge on any atom is -0.454 e. The van der Waals surface area contributed by atoms with Crippen LogP contribution < -0.4 is 9.47 Å². The summed E-state index contributed by atoms with van der Waals surface area (Å²) in [5.41, 5.74) is 1.98. The number of rotatable bonds is 5. The van der Waals surface area contributed by atoms with E-state index in [1.807, 2.05) is 24.3 Å². The van der Waals surface area contributed by atoms with E-state index in [1.54, 1.807) is 4.68 Å². The normalized spacial score (nSPS) is 13.0. The van der Waals surface area contributed by atoms with Gasteiger partial charge in [0.05, 0.1) is 12.2 Å². The van der Waals surface area contributed by atoms with Crippen molar-refractivity contribution in [1.29, 1.82) is 0 Å². The van der Waals surface area contributed by atoms with Crippen molar-refractivity contribution in [3.05, 3.63) is 41.9 Å². The van der Waals surface area contributed by atoms with E-state index in [-0.39, 0.29) is 6.79 Å². The van der Waals surface area contributed by atoms with Gasteiger partial charge in [-0.3, -0.25) is 0 Å². The molecule has 1 aliphatic heterocycles. The Kier molecular flexibility index (Phi) is 3.68. The predicted molar refractivity (Wildman–Crippen MR) is 85.7 cm³/mol. The summed E-state index contributed by atoms with van der Waals surface area (Å²) in [4.78, 5) is 4.31. The molecule has 3 aromatic rings. The van der Waals surface area contributed by atoms with Crippen LogP contribution in [0.25, 0.3) is 11.6 Å². The molecule has 7 heteroatoms. The smallest absolute Gasteiger partial charge is 0.231 e. The average Bonchev–Trinajstić information content (AvgIpc) is 3.26. The molecule has 0 spiro atoms. The summed E-state index contributed by atoms with van der Waals surface area (Å²) in [7, 11) is 0.